The number of benzene rings is 1. The van der Waals surface area contributed by atoms with E-state index < -0.39 is 0 Å². The highest BCUT2D eigenvalue weighted by Gasteiger charge is 2.30. The van der Waals surface area contributed by atoms with E-state index in [2.05, 4.69) is 49.2 Å². The molecule has 2 aliphatic rings. The van der Waals surface area contributed by atoms with Crippen molar-refractivity contribution in [3.63, 3.8) is 0 Å². The number of nitrogens with one attached hydrogen (secondary N) is 1. The van der Waals surface area contributed by atoms with Crippen molar-refractivity contribution in [1.29, 1.82) is 0 Å². The molecule has 0 aromatic heterocycles. The lowest BCUT2D eigenvalue weighted by Crippen LogP contribution is -2.39. The Hall–Kier alpha value is -1.02. The summed E-state index contributed by atoms with van der Waals surface area (Å²) in [4.78, 5) is 2.73. The highest BCUT2D eigenvalue weighted by atomic mass is 15.2. The van der Waals surface area contributed by atoms with E-state index in [4.69, 9.17) is 0 Å². The van der Waals surface area contributed by atoms with Gasteiger partial charge in [0.1, 0.15) is 0 Å². The second kappa shape index (κ2) is 5.77. The molecule has 2 heteroatoms. The number of hydrogen-bond donors (Lipinski definition) is 1. The Morgan fingerprint density at radius 3 is 2.60 bits per heavy atom. The molecular weight excluding hydrogens is 244 g/mol. The van der Waals surface area contributed by atoms with Gasteiger partial charge in [0, 0.05) is 17.8 Å². The maximum Gasteiger partial charge on any atom is 0.0391 e. The SMILES string of the molecule is CC1CC(N2CCCCC2)c2cc(C(C)C)ccc2N1. The Labute approximate surface area is 123 Å². The summed E-state index contributed by atoms with van der Waals surface area (Å²) >= 11 is 0. The van der Waals surface area contributed by atoms with Crippen molar-refractivity contribution in [3.8, 4) is 0 Å². The zero-order valence-electron chi connectivity index (χ0n) is 13.2. The van der Waals surface area contributed by atoms with Crippen molar-refractivity contribution in [3.05, 3.63) is 29.3 Å². The van der Waals surface area contributed by atoms with Gasteiger partial charge in [-0.3, -0.25) is 4.90 Å². The monoisotopic (exact) mass is 272 g/mol. The molecule has 2 unspecified atom stereocenters. The van der Waals surface area contributed by atoms with Crippen molar-refractivity contribution < 1.29 is 0 Å². The predicted molar refractivity (Wildman–Crippen MR) is 86.4 cm³/mol. The summed E-state index contributed by atoms with van der Waals surface area (Å²) in [6.07, 6.45) is 5.40. The second-order valence-electron chi connectivity index (χ2n) is 6.89. The van der Waals surface area contributed by atoms with Gasteiger partial charge in [-0.2, -0.15) is 0 Å². The molecule has 0 saturated carbocycles. The molecule has 1 aromatic rings. The minimum Gasteiger partial charge on any atom is -0.382 e. The Bertz CT molecular complexity index is 460. The molecule has 1 N–H and O–H groups in total. The molecular formula is C18H28N2. The Morgan fingerprint density at radius 2 is 1.90 bits per heavy atom. The Kier molecular flexibility index (Phi) is 4.02. The molecule has 0 aliphatic carbocycles. The zero-order chi connectivity index (χ0) is 14.1. The van der Waals surface area contributed by atoms with Gasteiger partial charge in [-0.1, -0.05) is 32.4 Å². The smallest absolute Gasteiger partial charge is 0.0391 e. The minimum absolute atomic E-state index is 0.583. The standard InChI is InChI=1S/C18H28N2/c1-13(2)15-7-8-17-16(12-15)18(11-14(3)19-17)20-9-5-4-6-10-20/h7-8,12-14,18-19H,4-6,9-11H2,1-3H3. The van der Waals surface area contributed by atoms with Gasteiger partial charge in [0.2, 0.25) is 0 Å². The average Bonchev–Trinajstić information content (AvgIpc) is 2.46. The van der Waals surface area contributed by atoms with Crippen molar-refractivity contribution in [2.75, 3.05) is 18.4 Å². The molecule has 0 spiro atoms. The van der Waals surface area contributed by atoms with E-state index in [1.165, 1.54) is 55.6 Å². The van der Waals surface area contributed by atoms with Crippen LogP contribution in [0, 0.1) is 0 Å². The van der Waals surface area contributed by atoms with Crippen LogP contribution in [-0.2, 0) is 0 Å². The fourth-order valence-electron chi connectivity index (χ4n) is 3.71. The van der Waals surface area contributed by atoms with Gasteiger partial charge in [-0.05, 0) is 62.4 Å². The Balaban J connectivity index is 1.93. The number of rotatable bonds is 2. The number of piperidine rings is 1. The lowest BCUT2D eigenvalue weighted by Gasteiger charge is -2.41. The highest BCUT2D eigenvalue weighted by molar-refractivity contribution is 5.57. The number of anilines is 1. The van der Waals surface area contributed by atoms with Crippen molar-refractivity contribution in [1.82, 2.24) is 4.90 Å². The molecule has 20 heavy (non-hydrogen) atoms. The summed E-state index contributed by atoms with van der Waals surface area (Å²) < 4.78 is 0. The van der Waals surface area contributed by atoms with Gasteiger partial charge in [-0.25, -0.2) is 0 Å². The topological polar surface area (TPSA) is 15.3 Å². The molecule has 2 atom stereocenters. The molecule has 2 nitrogen and oxygen atoms in total. The quantitative estimate of drug-likeness (QED) is 0.850. The summed E-state index contributed by atoms with van der Waals surface area (Å²) in [6.45, 7) is 9.45. The molecule has 1 aromatic carbocycles. The van der Waals surface area contributed by atoms with E-state index in [1.807, 2.05) is 0 Å². The van der Waals surface area contributed by atoms with Gasteiger partial charge >= 0.3 is 0 Å². The molecule has 1 saturated heterocycles. The maximum atomic E-state index is 3.67. The zero-order valence-corrected chi connectivity index (χ0v) is 13.2. The third-order valence-corrected chi connectivity index (χ3v) is 4.91. The normalized spacial score (nSPS) is 27.2. The molecule has 2 aliphatic heterocycles. The maximum absolute atomic E-state index is 3.67. The van der Waals surface area contributed by atoms with Crippen LogP contribution in [0.15, 0.2) is 18.2 Å². The van der Waals surface area contributed by atoms with E-state index in [9.17, 15) is 0 Å². The first-order chi connectivity index (χ1) is 9.65. The Morgan fingerprint density at radius 1 is 1.15 bits per heavy atom. The summed E-state index contributed by atoms with van der Waals surface area (Å²) in [7, 11) is 0. The van der Waals surface area contributed by atoms with Crippen molar-refractivity contribution >= 4 is 5.69 Å². The van der Waals surface area contributed by atoms with Crippen LogP contribution in [0.1, 0.15) is 69.5 Å². The molecule has 1 fully saturated rings. The molecule has 2 heterocycles. The van der Waals surface area contributed by atoms with E-state index >= 15 is 0 Å². The van der Waals surface area contributed by atoms with E-state index in [0.29, 0.717) is 18.0 Å². The lowest BCUT2D eigenvalue weighted by atomic mass is 9.88. The largest absolute Gasteiger partial charge is 0.382 e. The first kappa shape index (κ1) is 13.9. The summed E-state index contributed by atoms with van der Waals surface area (Å²) in [5, 5.41) is 3.67. The predicted octanol–water partition coefficient (Wildman–Crippen LogP) is 4.54. The van der Waals surface area contributed by atoms with Crippen molar-refractivity contribution in [2.24, 2.45) is 0 Å². The first-order valence-corrected chi connectivity index (χ1v) is 8.29. The fourth-order valence-corrected chi connectivity index (χ4v) is 3.71. The minimum atomic E-state index is 0.583. The number of nitrogens with zero attached hydrogens (tertiary/aromatic N) is 1. The van der Waals surface area contributed by atoms with Crippen LogP contribution in [0.2, 0.25) is 0 Å². The van der Waals surface area contributed by atoms with E-state index in [1.54, 1.807) is 0 Å². The van der Waals surface area contributed by atoms with Crippen LogP contribution in [0.4, 0.5) is 5.69 Å². The highest BCUT2D eigenvalue weighted by Crippen LogP contribution is 2.39. The number of fused-ring (bicyclic) bond motifs is 1. The van der Waals surface area contributed by atoms with Gasteiger partial charge in [0.15, 0.2) is 0 Å². The van der Waals surface area contributed by atoms with Crippen LogP contribution >= 0.6 is 0 Å². The summed E-state index contributed by atoms with van der Waals surface area (Å²) in [5.74, 6) is 0.613. The summed E-state index contributed by atoms with van der Waals surface area (Å²) in [5.41, 5.74) is 4.38. The third-order valence-electron chi connectivity index (χ3n) is 4.91. The second-order valence-corrected chi connectivity index (χ2v) is 6.89. The molecule has 0 radical (unpaired) electrons. The molecule has 0 amide bonds. The fraction of sp³-hybridized carbons (Fsp3) is 0.667. The molecule has 3 rings (SSSR count). The van der Waals surface area contributed by atoms with E-state index in [0.717, 1.165) is 0 Å². The van der Waals surface area contributed by atoms with Gasteiger partial charge in [0.25, 0.3) is 0 Å². The number of hydrogen-bond acceptors (Lipinski definition) is 2. The van der Waals surface area contributed by atoms with Crippen LogP contribution < -0.4 is 5.32 Å². The molecule has 0 bridgehead atoms. The van der Waals surface area contributed by atoms with Crippen LogP contribution in [-0.4, -0.2) is 24.0 Å². The summed E-state index contributed by atoms with van der Waals surface area (Å²) in [6, 6.07) is 8.26. The first-order valence-electron chi connectivity index (χ1n) is 8.29. The lowest BCUT2D eigenvalue weighted by molar-refractivity contribution is 0.149. The van der Waals surface area contributed by atoms with Crippen molar-refractivity contribution in [2.45, 2.75) is 64.5 Å². The van der Waals surface area contributed by atoms with Gasteiger partial charge in [-0.15, -0.1) is 0 Å². The van der Waals surface area contributed by atoms with Crippen LogP contribution in [0.3, 0.4) is 0 Å². The van der Waals surface area contributed by atoms with Gasteiger partial charge < -0.3 is 5.32 Å². The molecule has 110 valence electrons. The van der Waals surface area contributed by atoms with Crippen LogP contribution in [0.25, 0.3) is 0 Å². The average molecular weight is 272 g/mol. The van der Waals surface area contributed by atoms with Gasteiger partial charge in [0.05, 0.1) is 0 Å². The third kappa shape index (κ3) is 2.71. The van der Waals surface area contributed by atoms with E-state index in [-0.39, 0.29) is 0 Å². The van der Waals surface area contributed by atoms with Crippen LogP contribution in [0.5, 0.6) is 0 Å². The number of likely N-dealkylation sites (tertiary alicyclic amines) is 1.